The molecule has 2 fully saturated rings. The van der Waals surface area contributed by atoms with E-state index in [1.165, 1.54) is 0 Å². The molecule has 3 heterocycles. The van der Waals surface area contributed by atoms with E-state index >= 15 is 0 Å². The molecule has 2 atom stereocenters. The normalized spacial score (nSPS) is 23.3. The lowest BCUT2D eigenvalue weighted by atomic mass is 9.89. The second-order valence-electron chi connectivity index (χ2n) is 10.7. The van der Waals surface area contributed by atoms with Crippen LogP contribution in [-0.2, 0) is 4.79 Å². The van der Waals surface area contributed by atoms with Crippen LogP contribution in [0.2, 0.25) is 0 Å². The molecule has 11 heteroatoms. The number of aliphatic hydroxyl groups excluding tert-OH is 1. The van der Waals surface area contributed by atoms with Crippen LogP contribution < -0.4 is 10.1 Å². The topological polar surface area (TPSA) is 127 Å². The average Bonchev–Trinajstić information content (AvgIpc) is 3.70. The third-order valence-electron chi connectivity index (χ3n) is 8.35. The Morgan fingerprint density at radius 1 is 1.15 bits per heavy atom. The van der Waals surface area contributed by atoms with Crippen LogP contribution in [0.3, 0.4) is 0 Å². The summed E-state index contributed by atoms with van der Waals surface area (Å²) >= 11 is 0. The molecule has 2 saturated carbocycles. The summed E-state index contributed by atoms with van der Waals surface area (Å²) in [5, 5.41) is 22.7. The maximum atomic E-state index is 13.2. The van der Waals surface area contributed by atoms with Crippen molar-refractivity contribution in [3.63, 3.8) is 0 Å². The van der Waals surface area contributed by atoms with Crippen molar-refractivity contribution >= 4 is 33.9 Å². The highest BCUT2D eigenvalue weighted by molar-refractivity contribution is 6.09. The Labute approximate surface area is 225 Å². The molecule has 0 radical (unpaired) electrons. The molecule has 3 aromatic heterocycles. The molecule has 2 amide bonds. The number of carbonyl (C=O) groups excluding carboxylic acids is 2. The Bertz CT molecular complexity index is 1520. The van der Waals surface area contributed by atoms with E-state index < -0.39 is 0 Å². The van der Waals surface area contributed by atoms with Crippen molar-refractivity contribution in [3.05, 3.63) is 48.7 Å². The third-order valence-corrected chi connectivity index (χ3v) is 8.35. The summed E-state index contributed by atoms with van der Waals surface area (Å²) in [4.78, 5) is 32.1. The van der Waals surface area contributed by atoms with Gasteiger partial charge in [0, 0.05) is 42.9 Å². The number of aliphatic hydroxyl groups is 1. The van der Waals surface area contributed by atoms with E-state index in [0.29, 0.717) is 23.4 Å². The minimum atomic E-state index is -0.342. The van der Waals surface area contributed by atoms with Gasteiger partial charge < -0.3 is 20.1 Å². The van der Waals surface area contributed by atoms with Gasteiger partial charge in [-0.15, -0.1) is 0 Å². The summed E-state index contributed by atoms with van der Waals surface area (Å²) in [6, 6.07) is 5.83. The highest BCUT2D eigenvalue weighted by atomic mass is 16.5. The number of anilines is 1. The Hall–Kier alpha value is -3.99. The monoisotopic (exact) mass is 531 g/mol. The van der Waals surface area contributed by atoms with Gasteiger partial charge in [-0.25, -0.2) is 9.50 Å². The van der Waals surface area contributed by atoms with Gasteiger partial charge in [-0.2, -0.15) is 10.2 Å². The lowest BCUT2D eigenvalue weighted by Gasteiger charge is -2.36. The molecule has 204 valence electrons. The quantitative estimate of drug-likeness (QED) is 0.390. The van der Waals surface area contributed by atoms with Crippen molar-refractivity contribution in [2.75, 3.05) is 19.5 Å². The summed E-state index contributed by atoms with van der Waals surface area (Å²) in [6.07, 6.45) is 12.2. The smallest absolute Gasteiger partial charge is 0.259 e. The molecule has 4 aromatic rings. The Morgan fingerprint density at radius 3 is 2.72 bits per heavy atom. The Balaban J connectivity index is 1.15. The first kappa shape index (κ1) is 25.3. The molecule has 39 heavy (non-hydrogen) atoms. The maximum Gasteiger partial charge on any atom is 0.259 e. The summed E-state index contributed by atoms with van der Waals surface area (Å²) < 4.78 is 9.15. The number of fused-ring (bicyclic) bond motifs is 2. The summed E-state index contributed by atoms with van der Waals surface area (Å²) in [5.74, 6) is 0.268. The van der Waals surface area contributed by atoms with Gasteiger partial charge >= 0.3 is 0 Å². The summed E-state index contributed by atoms with van der Waals surface area (Å²) in [7, 11) is 3.45. The molecule has 0 aliphatic heterocycles. The fraction of sp³-hybridized carbons (Fsp3) is 0.464. The maximum absolute atomic E-state index is 13.2. The fourth-order valence-electron chi connectivity index (χ4n) is 6.10. The lowest BCUT2D eigenvalue weighted by molar-refractivity contribution is -0.137. The van der Waals surface area contributed by atoms with Crippen LogP contribution in [0.25, 0.3) is 16.4 Å². The molecule has 2 aliphatic carbocycles. The van der Waals surface area contributed by atoms with Crippen LogP contribution in [0.15, 0.2) is 43.1 Å². The molecule has 0 bridgehead atoms. The number of ether oxygens (including phenoxy) is 1. The van der Waals surface area contributed by atoms with Crippen LogP contribution in [0, 0.1) is 5.92 Å². The number of hydrogen-bond acceptors (Lipinski definition) is 7. The summed E-state index contributed by atoms with van der Waals surface area (Å²) in [6.45, 7) is 0. The number of nitrogens with one attached hydrogen (secondary N) is 1. The van der Waals surface area contributed by atoms with Gasteiger partial charge in [-0.05, 0) is 57.1 Å². The van der Waals surface area contributed by atoms with Gasteiger partial charge in [0.05, 0.1) is 47.7 Å². The van der Waals surface area contributed by atoms with Gasteiger partial charge in [0.2, 0.25) is 5.91 Å². The van der Waals surface area contributed by atoms with Gasteiger partial charge in [0.1, 0.15) is 12.1 Å². The molecule has 0 spiro atoms. The molecular formula is C28H33N7O4. The zero-order valence-corrected chi connectivity index (χ0v) is 22.2. The zero-order valence-electron chi connectivity index (χ0n) is 22.2. The number of hydrogen-bond donors (Lipinski definition) is 2. The molecule has 2 aliphatic rings. The Morgan fingerprint density at radius 2 is 1.97 bits per heavy atom. The van der Waals surface area contributed by atoms with Crippen molar-refractivity contribution < 1.29 is 19.4 Å². The number of amides is 2. The van der Waals surface area contributed by atoms with Crippen molar-refractivity contribution in [2.24, 2.45) is 5.92 Å². The van der Waals surface area contributed by atoms with E-state index in [1.54, 1.807) is 42.5 Å². The highest BCUT2D eigenvalue weighted by Gasteiger charge is 2.34. The predicted octanol–water partition coefficient (Wildman–Crippen LogP) is 3.44. The Kier molecular flexibility index (Phi) is 6.68. The minimum absolute atomic E-state index is 0.0506. The highest BCUT2D eigenvalue weighted by Crippen LogP contribution is 2.35. The van der Waals surface area contributed by atoms with Gasteiger partial charge in [0.15, 0.2) is 0 Å². The van der Waals surface area contributed by atoms with E-state index in [2.05, 4.69) is 15.4 Å². The number of aromatic nitrogens is 5. The molecule has 11 nitrogen and oxygen atoms in total. The zero-order chi connectivity index (χ0) is 27.1. The van der Waals surface area contributed by atoms with Crippen LogP contribution in [0.1, 0.15) is 61.3 Å². The molecule has 0 unspecified atom stereocenters. The lowest BCUT2D eigenvalue weighted by Crippen LogP contribution is -2.42. The van der Waals surface area contributed by atoms with Gasteiger partial charge in [-0.3, -0.25) is 14.3 Å². The van der Waals surface area contributed by atoms with E-state index in [-0.39, 0.29) is 35.9 Å². The van der Waals surface area contributed by atoms with Crippen LogP contribution >= 0.6 is 0 Å². The third kappa shape index (κ3) is 4.82. The number of benzene rings is 1. The van der Waals surface area contributed by atoms with Gasteiger partial charge in [-0.1, -0.05) is 0 Å². The standard InChI is InChI=1S/C28H33N7O4/c1-33(28(38)17-3-8-21(36)11-17)19-4-6-20(7-5-19)34-15-18-12-22(26(39-2)13-23(18)32-34)27(37)31-24-14-30-35-16-29-10-9-25(24)35/h9-10,12-17,19-21,36H,3-8,11H2,1-2H3,(H,31,37)/t17-,19?,20?,21-/m1/s1. The van der Waals surface area contributed by atoms with Crippen LogP contribution in [-0.4, -0.2) is 72.5 Å². The first-order valence-electron chi connectivity index (χ1n) is 13.5. The number of carbonyl (C=O) groups is 2. The number of methoxy groups -OCH3 is 1. The number of rotatable bonds is 6. The largest absolute Gasteiger partial charge is 0.496 e. The summed E-state index contributed by atoms with van der Waals surface area (Å²) in [5.41, 5.74) is 2.51. The molecule has 6 rings (SSSR count). The van der Waals surface area contributed by atoms with Gasteiger partial charge in [0.25, 0.3) is 5.91 Å². The second-order valence-corrected chi connectivity index (χ2v) is 10.7. The number of nitrogens with zero attached hydrogens (tertiary/aromatic N) is 6. The fourth-order valence-corrected chi connectivity index (χ4v) is 6.10. The first-order chi connectivity index (χ1) is 18.9. The van der Waals surface area contributed by atoms with E-state index in [1.807, 2.05) is 28.9 Å². The van der Waals surface area contributed by atoms with Crippen molar-refractivity contribution in [2.45, 2.75) is 63.1 Å². The average molecular weight is 532 g/mol. The van der Waals surface area contributed by atoms with Crippen molar-refractivity contribution in [1.29, 1.82) is 0 Å². The van der Waals surface area contributed by atoms with Crippen molar-refractivity contribution in [1.82, 2.24) is 29.3 Å². The van der Waals surface area contributed by atoms with Crippen LogP contribution in [0.5, 0.6) is 5.75 Å². The second kappa shape index (κ2) is 10.3. The predicted molar refractivity (Wildman–Crippen MR) is 145 cm³/mol. The molecule has 2 N–H and O–H groups in total. The molecule has 1 aromatic carbocycles. The van der Waals surface area contributed by atoms with Crippen LogP contribution in [0.4, 0.5) is 5.69 Å². The van der Waals surface area contributed by atoms with E-state index in [0.717, 1.165) is 54.9 Å². The van der Waals surface area contributed by atoms with Crippen molar-refractivity contribution in [3.8, 4) is 5.75 Å². The van der Waals surface area contributed by atoms with E-state index in [9.17, 15) is 14.7 Å². The first-order valence-corrected chi connectivity index (χ1v) is 13.5. The SMILES string of the molecule is COc1cc2nn(C3CCC(N(C)C(=O)[C@@H]4CC[C@@H](O)C4)CC3)cc2cc1C(=O)Nc1cnn2cnccc12. The minimum Gasteiger partial charge on any atom is -0.496 e. The molecular weight excluding hydrogens is 498 g/mol. The van der Waals surface area contributed by atoms with E-state index in [4.69, 9.17) is 9.84 Å². The molecule has 0 saturated heterocycles.